The van der Waals surface area contributed by atoms with Crippen LogP contribution in [0.3, 0.4) is 0 Å². The van der Waals surface area contributed by atoms with Gasteiger partial charge in [0.1, 0.15) is 0 Å². The molecule has 0 spiro atoms. The topological polar surface area (TPSA) is 141 Å². The summed E-state index contributed by atoms with van der Waals surface area (Å²) in [6, 6.07) is 0. The van der Waals surface area contributed by atoms with E-state index in [0.29, 0.717) is 0 Å². The van der Waals surface area contributed by atoms with E-state index in [2.05, 4.69) is 0 Å². The molecule has 11 heteroatoms. The van der Waals surface area contributed by atoms with Gasteiger partial charge in [-0.1, -0.05) is 7.60 Å². The summed E-state index contributed by atoms with van der Waals surface area (Å²) < 4.78 is 20.9. The van der Waals surface area contributed by atoms with E-state index in [0.717, 1.165) is 0 Å². The van der Waals surface area contributed by atoms with Gasteiger partial charge in [0.2, 0.25) is 0 Å². The van der Waals surface area contributed by atoms with Crippen LogP contribution in [0.4, 0.5) is 0 Å². The molecule has 0 radical (unpaired) electrons. The van der Waals surface area contributed by atoms with Gasteiger partial charge in [0.15, 0.2) is 0 Å². The van der Waals surface area contributed by atoms with Crippen molar-refractivity contribution in [3.05, 3.63) is 0 Å². The van der Waals surface area contributed by atoms with Crippen molar-refractivity contribution in [2.24, 2.45) is 0 Å². The van der Waals surface area contributed by atoms with Crippen LogP contribution in [0, 0.1) is 0 Å². The van der Waals surface area contributed by atoms with E-state index in [1.807, 2.05) is 0 Å². The summed E-state index contributed by atoms with van der Waals surface area (Å²) >= 11 is 0. The predicted octanol–water partition coefficient (Wildman–Crippen LogP) is -7.82. The van der Waals surface area contributed by atoms with Crippen LogP contribution in [0.5, 0.6) is 0 Å². The normalized spacial score (nSPS) is 13.7. The Morgan fingerprint density at radius 1 is 1.13 bits per heavy atom. The van der Waals surface area contributed by atoms with Crippen molar-refractivity contribution >= 4 is 15.2 Å². The fourth-order valence-corrected chi connectivity index (χ4v) is 3.28. The van der Waals surface area contributed by atoms with Gasteiger partial charge >= 0.3 is 66.7 Å². The van der Waals surface area contributed by atoms with E-state index in [4.69, 9.17) is 14.9 Å². The molecule has 0 amide bonds. The van der Waals surface area contributed by atoms with Crippen molar-refractivity contribution in [3.63, 3.8) is 0 Å². The van der Waals surface area contributed by atoms with Gasteiger partial charge in [-0.2, -0.15) is 0 Å². The molecule has 0 heterocycles. The Bertz CT molecular complexity index is 225. The van der Waals surface area contributed by atoms with Crippen LogP contribution in [0.15, 0.2) is 0 Å². The molecule has 0 aromatic carbocycles. The van der Waals surface area contributed by atoms with Gasteiger partial charge in [0.05, 0.1) is 5.40 Å². The minimum Gasteiger partial charge on any atom is -0.810 e. The van der Waals surface area contributed by atoms with Crippen LogP contribution in [0.2, 0.25) is 0 Å². The Morgan fingerprint density at radius 2 is 1.53 bits per heavy atom. The van der Waals surface area contributed by atoms with E-state index in [9.17, 15) is 18.9 Å². The first kappa shape index (κ1) is 22.4. The summed E-state index contributed by atoms with van der Waals surface area (Å²) in [5.41, 5.74) is 0. The number of rotatable bonds is 5. The van der Waals surface area contributed by atoms with Crippen molar-refractivity contribution in [1.29, 1.82) is 0 Å². The summed E-state index contributed by atoms with van der Waals surface area (Å²) in [4.78, 5) is 37.8. The van der Waals surface area contributed by atoms with Crippen LogP contribution in [-0.4, -0.2) is 26.9 Å². The van der Waals surface area contributed by atoms with Crippen molar-refractivity contribution in [3.8, 4) is 0 Å². The van der Waals surface area contributed by atoms with Crippen LogP contribution < -0.4 is 68.9 Å². The number of aliphatic hydroxyl groups excluding tert-OH is 1. The summed E-state index contributed by atoms with van der Waals surface area (Å²) in [5.74, 6) is 0. The fraction of sp³-hybridized carbons (Fsp3) is 1.00. The van der Waals surface area contributed by atoms with Crippen molar-refractivity contribution in [2.75, 3.05) is 6.61 Å². The maximum absolute atomic E-state index is 10.5. The molecule has 80 valence electrons. The van der Waals surface area contributed by atoms with Gasteiger partial charge in [-0.15, -0.1) is 0 Å². The summed E-state index contributed by atoms with van der Waals surface area (Å²) in [5, 5.41) is 6.08. The Morgan fingerprint density at radius 3 is 1.73 bits per heavy atom. The summed E-state index contributed by atoms with van der Waals surface area (Å²) in [6.07, 6.45) is -0.657. The van der Waals surface area contributed by atoms with E-state index in [-0.39, 0.29) is 65.5 Å². The first-order chi connectivity index (χ1) is 5.69. The molecule has 0 saturated heterocycles. The minimum absolute atomic E-state index is 0. The smallest absolute Gasteiger partial charge is 0.810 e. The Hall–Kier alpha value is 2.26. The van der Waals surface area contributed by atoms with Crippen LogP contribution in [0.25, 0.3) is 0 Å². The van der Waals surface area contributed by atoms with Crippen molar-refractivity contribution in [1.82, 2.24) is 0 Å². The van der Waals surface area contributed by atoms with Crippen LogP contribution in [-0.2, 0) is 9.13 Å². The van der Waals surface area contributed by atoms with Crippen molar-refractivity contribution in [2.45, 2.75) is 18.2 Å². The Labute approximate surface area is 132 Å². The number of aliphatic hydroxyl groups is 1. The van der Waals surface area contributed by atoms with Gasteiger partial charge in [-0.3, -0.25) is 4.57 Å². The predicted molar refractivity (Wildman–Crippen MR) is 39.8 cm³/mol. The van der Waals surface area contributed by atoms with Crippen LogP contribution >= 0.6 is 15.2 Å². The maximum Gasteiger partial charge on any atom is 1.00 e. The SMILES string of the molecule is O=P([O-])([O-])C(CCCO)P(=O)(O)O.[Na+].[Na+]. The molecule has 0 rings (SSSR count). The molecule has 0 aromatic rings. The second-order valence-electron chi connectivity index (χ2n) is 2.48. The average Bonchev–Trinajstić information content (AvgIpc) is 1.81. The molecule has 0 aliphatic rings. The largest absolute Gasteiger partial charge is 1.00 e. The third-order valence-corrected chi connectivity index (χ3v) is 5.15. The standard InChI is InChI=1S/C4H12O7P2.2Na/c5-3-1-2-4(12(6,7)8)13(9,10)11;;/h4-5H,1-3H2,(H2,6,7,8)(H2,9,10,11);;/q;2*+1/p-2. The van der Waals surface area contributed by atoms with Gasteiger partial charge in [-0.05, 0) is 12.8 Å². The van der Waals surface area contributed by atoms with E-state index >= 15 is 0 Å². The first-order valence-electron chi connectivity index (χ1n) is 3.37. The molecule has 1 unspecified atom stereocenters. The summed E-state index contributed by atoms with van der Waals surface area (Å²) in [6.45, 7) is -0.420. The first-order valence-corrected chi connectivity index (χ1v) is 6.66. The molecular formula is C4H10Na2O7P2. The molecule has 0 aliphatic carbocycles. The molecular weight excluding hydrogens is 268 g/mol. The quantitative estimate of drug-likeness (QED) is 0.335. The zero-order valence-corrected chi connectivity index (χ0v) is 14.4. The molecule has 0 aliphatic heterocycles. The third-order valence-electron chi connectivity index (χ3n) is 1.37. The van der Waals surface area contributed by atoms with E-state index < -0.39 is 33.6 Å². The molecule has 0 bridgehead atoms. The second kappa shape index (κ2) is 9.22. The van der Waals surface area contributed by atoms with E-state index in [1.54, 1.807) is 0 Å². The molecule has 3 N–H and O–H groups in total. The molecule has 7 nitrogen and oxygen atoms in total. The molecule has 1 atom stereocenters. The molecule has 0 saturated carbocycles. The Kier molecular flexibility index (Phi) is 13.8. The zero-order chi connectivity index (χ0) is 10.7. The number of hydrogen-bond acceptors (Lipinski definition) is 5. The monoisotopic (exact) mass is 278 g/mol. The van der Waals surface area contributed by atoms with E-state index in [1.165, 1.54) is 0 Å². The Balaban J connectivity index is -0.000000720. The fourth-order valence-electron chi connectivity index (χ4n) is 0.784. The molecule has 0 fully saturated rings. The van der Waals surface area contributed by atoms with Gasteiger partial charge in [-0.25, -0.2) is 0 Å². The summed E-state index contributed by atoms with van der Waals surface area (Å²) in [7, 11) is -10.2. The zero-order valence-electron chi connectivity index (χ0n) is 8.57. The van der Waals surface area contributed by atoms with Gasteiger partial charge in [0.25, 0.3) is 0 Å². The third kappa shape index (κ3) is 9.92. The maximum atomic E-state index is 10.5. The van der Waals surface area contributed by atoms with Crippen molar-refractivity contribution < 1.29 is 92.9 Å². The molecule has 0 aromatic heterocycles. The average molecular weight is 278 g/mol. The molecule has 15 heavy (non-hydrogen) atoms. The van der Waals surface area contributed by atoms with Gasteiger partial charge < -0.3 is 29.2 Å². The second-order valence-corrected chi connectivity index (χ2v) is 6.39. The van der Waals surface area contributed by atoms with Crippen LogP contribution in [0.1, 0.15) is 12.8 Å². The van der Waals surface area contributed by atoms with Gasteiger partial charge in [0, 0.05) is 6.61 Å². The number of hydrogen-bond donors (Lipinski definition) is 3. The minimum atomic E-state index is -5.30.